The largest absolute Gasteiger partial charge is 0.497 e. The molecule has 0 aromatic heterocycles. The molecule has 1 aromatic carbocycles. The molecule has 3 heteroatoms. The van der Waals surface area contributed by atoms with Gasteiger partial charge in [-0.1, -0.05) is 42.5 Å². The van der Waals surface area contributed by atoms with Gasteiger partial charge < -0.3 is 4.74 Å². The van der Waals surface area contributed by atoms with Crippen LogP contribution in [0.1, 0.15) is 50.2 Å². The Labute approximate surface area is 152 Å². The Bertz CT molecular complexity index is 655. The van der Waals surface area contributed by atoms with Crippen LogP contribution in [0.5, 0.6) is 5.75 Å². The fraction of sp³-hybridized carbons (Fsp3) is 0.650. The van der Waals surface area contributed by atoms with E-state index in [4.69, 9.17) is 4.74 Å². The molecule has 0 aliphatic heterocycles. The highest BCUT2D eigenvalue weighted by atomic mass is 127. The summed E-state index contributed by atoms with van der Waals surface area (Å²) in [6.45, 7) is 4.57. The second kappa shape index (κ2) is 5.47. The van der Waals surface area contributed by atoms with E-state index in [-0.39, 0.29) is 5.41 Å². The Kier molecular flexibility index (Phi) is 3.78. The van der Waals surface area contributed by atoms with E-state index in [0.29, 0.717) is 33.4 Å². The summed E-state index contributed by atoms with van der Waals surface area (Å²) in [4.78, 5) is 12.6. The van der Waals surface area contributed by atoms with Gasteiger partial charge in [0.2, 0.25) is 0 Å². The maximum absolute atomic E-state index is 12.6. The average molecular weight is 424 g/mol. The number of carbonyl (C=O) groups excluding carboxylic acids is 1. The Balaban J connectivity index is 1.77. The number of ketones is 1. The first kappa shape index (κ1) is 15.9. The number of ether oxygens (including phenoxy) is 1. The summed E-state index contributed by atoms with van der Waals surface area (Å²) in [6, 6.07) is 6.63. The van der Waals surface area contributed by atoms with Gasteiger partial charge in [-0.2, -0.15) is 0 Å². The number of methoxy groups -OCH3 is 1. The van der Waals surface area contributed by atoms with E-state index in [1.54, 1.807) is 7.11 Å². The molecule has 6 atom stereocenters. The highest BCUT2D eigenvalue weighted by Crippen LogP contribution is 2.62. The van der Waals surface area contributed by atoms with Gasteiger partial charge in [0.25, 0.3) is 0 Å². The smallest absolute Gasteiger partial charge is 0.139 e. The van der Waals surface area contributed by atoms with Gasteiger partial charge in [-0.3, -0.25) is 4.79 Å². The first-order valence-electron chi connectivity index (χ1n) is 8.80. The lowest BCUT2D eigenvalue weighted by atomic mass is 9.54. The van der Waals surface area contributed by atoms with Crippen molar-refractivity contribution in [3.63, 3.8) is 0 Å². The lowest BCUT2D eigenvalue weighted by molar-refractivity contribution is -0.129. The van der Waals surface area contributed by atoms with Crippen molar-refractivity contribution in [3.8, 4) is 5.75 Å². The van der Waals surface area contributed by atoms with Crippen LogP contribution in [0.4, 0.5) is 0 Å². The second-order valence-electron chi connectivity index (χ2n) is 8.06. The number of fused-ring (bicyclic) bond motifs is 5. The molecule has 4 rings (SSSR count). The van der Waals surface area contributed by atoms with Gasteiger partial charge in [0, 0.05) is 15.8 Å². The predicted molar refractivity (Wildman–Crippen MR) is 100 cm³/mol. The van der Waals surface area contributed by atoms with Crippen molar-refractivity contribution < 1.29 is 9.53 Å². The van der Waals surface area contributed by atoms with E-state index < -0.39 is 0 Å². The van der Waals surface area contributed by atoms with Crippen molar-refractivity contribution in [2.75, 3.05) is 7.11 Å². The fourth-order valence-electron chi connectivity index (χ4n) is 5.91. The van der Waals surface area contributed by atoms with Crippen molar-refractivity contribution in [1.29, 1.82) is 0 Å². The summed E-state index contributed by atoms with van der Waals surface area (Å²) in [5, 5.41) is 0. The molecule has 124 valence electrons. The zero-order valence-electron chi connectivity index (χ0n) is 14.1. The molecule has 2 saturated carbocycles. The summed E-state index contributed by atoms with van der Waals surface area (Å²) in [7, 11) is 1.74. The van der Waals surface area contributed by atoms with Crippen molar-refractivity contribution in [2.24, 2.45) is 23.2 Å². The molecule has 0 saturated heterocycles. The molecule has 0 spiro atoms. The lowest BCUT2D eigenvalue weighted by Crippen LogP contribution is -2.47. The molecule has 23 heavy (non-hydrogen) atoms. The summed E-state index contributed by atoms with van der Waals surface area (Å²) in [5.74, 6) is 3.87. The normalized spacial score (nSPS) is 41.9. The van der Waals surface area contributed by atoms with Crippen LogP contribution in [0.15, 0.2) is 18.2 Å². The monoisotopic (exact) mass is 424 g/mol. The molecule has 0 heterocycles. The highest BCUT2D eigenvalue weighted by molar-refractivity contribution is 14.1. The molecule has 0 bridgehead atoms. The Morgan fingerprint density at radius 2 is 2.09 bits per heavy atom. The molecule has 2 nitrogen and oxygen atoms in total. The Hall–Kier alpha value is -0.580. The first-order chi connectivity index (χ1) is 11.0. The third-order valence-electron chi connectivity index (χ3n) is 6.93. The van der Waals surface area contributed by atoms with Gasteiger partial charge in [0.05, 0.1) is 7.11 Å². The number of alkyl halides is 1. The fourth-order valence-corrected chi connectivity index (χ4v) is 7.33. The van der Waals surface area contributed by atoms with Gasteiger partial charge in [0.15, 0.2) is 0 Å². The predicted octanol–water partition coefficient (Wildman–Crippen LogP) is 4.78. The lowest BCUT2D eigenvalue weighted by Gasteiger charge is -2.51. The van der Waals surface area contributed by atoms with Crippen LogP contribution in [0.2, 0.25) is 0 Å². The van der Waals surface area contributed by atoms with E-state index >= 15 is 0 Å². The van der Waals surface area contributed by atoms with E-state index in [2.05, 4.69) is 54.6 Å². The van der Waals surface area contributed by atoms with Crippen molar-refractivity contribution >= 4 is 28.4 Å². The summed E-state index contributed by atoms with van der Waals surface area (Å²) >= 11 is 2.66. The minimum Gasteiger partial charge on any atom is -0.497 e. The van der Waals surface area contributed by atoms with Gasteiger partial charge in [-0.05, 0) is 66.2 Å². The average Bonchev–Trinajstić information content (AvgIpc) is 2.76. The topological polar surface area (TPSA) is 26.3 Å². The zero-order chi connectivity index (χ0) is 16.4. The first-order valence-corrected chi connectivity index (χ1v) is 10.0. The minimum atomic E-state index is -0.0615. The minimum absolute atomic E-state index is 0.0615. The summed E-state index contributed by atoms with van der Waals surface area (Å²) < 4.78 is 6.04. The summed E-state index contributed by atoms with van der Waals surface area (Å²) in [6.07, 6.45) is 4.14. The Morgan fingerprint density at radius 1 is 1.30 bits per heavy atom. The van der Waals surface area contributed by atoms with Crippen LogP contribution in [-0.4, -0.2) is 16.8 Å². The maximum Gasteiger partial charge on any atom is 0.139 e. The molecule has 3 aliphatic rings. The second-order valence-corrected chi connectivity index (χ2v) is 9.66. The molecular formula is C20H25IO2. The molecule has 0 N–H and O–H groups in total. The quantitative estimate of drug-likeness (QED) is 0.479. The van der Waals surface area contributed by atoms with Gasteiger partial charge in [-0.25, -0.2) is 0 Å². The highest BCUT2D eigenvalue weighted by Gasteiger charge is 2.59. The standard InChI is InChI=1S/C20H25IO2/c1-11-8-17(22)20(2)7-6-15-14-5-4-13(23-3)9-12(14)10-16(21)18(15)19(11)20/h4-5,9,11,15-16,18-19H,6-8,10H2,1-3H3/t11-,15-,16-,18+,19+,20-/m1/s1. The van der Waals surface area contributed by atoms with Gasteiger partial charge >= 0.3 is 0 Å². The number of hydrogen-bond donors (Lipinski definition) is 0. The van der Waals surface area contributed by atoms with Gasteiger partial charge in [0.1, 0.15) is 11.5 Å². The van der Waals surface area contributed by atoms with Crippen LogP contribution < -0.4 is 4.74 Å². The molecule has 0 amide bonds. The van der Waals surface area contributed by atoms with Crippen molar-refractivity contribution in [1.82, 2.24) is 0 Å². The number of rotatable bonds is 1. The number of benzene rings is 1. The van der Waals surface area contributed by atoms with Crippen LogP contribution in [0.3, 0.4) is 0 Å². The SMILES string of the molecule is COc1ccc2c(c1)C[C@@H](I)[C@H]1[C@@H]3[C@H](C)CC(=O)[C@@]3(C)CC[C@H]21. The Morgan fingerprint density at radius 3 is 2.83 bits per heavy atom. The van der Waals surface area contributed by atoms with Crippen LogP contribution in [0, 0.1) is 23.2 Å². The van der Waals surface area contributed by atoms with Gasteiger partial charge in [-0.15, -0.1) is 0 Å². The number of halogens is 1. The van der Waals surface area contributed by atoms with E-state index in [9.17, 15) is 4.79 Å². The third-order valence-corrected chi connectivity index (χ3v) is 8.20. The molecule has 2 fully saturated rings. The molecular weight excluding hydrogens is 399 g/mol. The van der Waals surface area contributed by atoms with Crippen LogP contribution >= 0.6 is 22.6 Å². The van der Waals surface area contributed by atoms with E-state index in [1.807, 2.05) is 0 Å². The molecule has 0 unspecified atom stereocenters. The summed E-state index contributed by atoms with van der Waals surface area (Å²) in [5.41, 5.74) is 2.93. The number of Topliss-reactive ketones (excluding diaryl/α,β-unsaturated/α-hetero) is 1. The number of carbonyl (C=O) groups is 1. The van der Waals surface area contributed by atoms with Crippen molar-refractivity contribution in [3.05, 3.63) is 29.3 Å². The number of hydrogen-bond acceptors (Lipinski definition) is 2. The molecule has 3 aliphatic carbocycles. The van der Waals surface area contributed by atoms with Crippen LogP contribution in [0.25, 0.3) is 0 Å². The molecule has 0 radical (unpaired) electrons. The molecule has 1 aromatic rings. The third kappa shape index (κ3) is 2.21. The van der Waals surface area contributed by atoms with Crippen molar-refractivity contribution in [2.45, 2.75) is 49.4 Å². The van der Waals surface area contributed by atoms with E-state index in [1.165, 1.54) is 11.1 Å². The maximum atomic E-state index is 12.6. The zero-order valence-corrected chi connectivity index (χ0v) is 16.3. The van der Waals surface area contributed by atoms with Crippen LogP contribution in [-0.2, 0) is 11.2 Å². The van der Waals surface area contributed by atoms with E-state index in [0.717, 1.165) is 31.4 Å².